The maximum Gasteiger partial charge on any atom is 0.340 e. The predicted octanol–water partition coefficient (Wildman–Crippen LogP) is -0.265. The number of rotatable bonds is 7. The summed E-state index contributed by atoms with van der Waals surface area (Å²) in [6.45, 7) is 1.43. The van der Waals surface area contributed by atoms with Crippen molar-refractivity contribution in [2.45, 2.75) is 24.2 Å². The topological polar surface area (TPSA) is 203 Å². The highest BCUT2D eigenvalue weighted by Gasteiger charge is 2.54. The number of carboxylic acid groups (broad SMARTS) is 2. The summed E-state index contributed by atoms with van der Waals surface area (Å²) in [6, 6.07) is 2.16. The lowest BCUT2D eigenvalue weighted by atomic mass is 9.91. The fourth-order valence-electron chi connectivity index (χ4n) is 2.33. The average Bonchev–Trinajstić information content (AvgIpc) is 2.33. The molecule has 0 fully saturated rings. The van der Waals surface area contributed by atoms with Crippen molar-refractivity contribution in [1.29, 1.82) is 0 Å². The van der Waals surface area contributed by atoms with Gasteiger partial charge in [0, 0.05) is 17.8 Å². The zero-order valence-electron chi connectivity index (χ0n) is 12.1. The lowest BCUT2D eigenvalue weighted by Crippen LogP contribution is -2.39. The van der Waals surface area contributed by atoms with E-state index in [1.54, 1.807) is 0 Å². The maximum absolute atomic E-state index is 11.6. The van der Waals surface area contributed by atoms with E-state index in [2.05, 4.69) is 4.98 Å². The first-order valence-corrected chi connectivity index (χ1v) is 9.61. The molecule has 134 valence electrons. The smallest absolute Gasteiger partial charge is 0.340 e. The monoisotopic (exact) mass is 383 g/mol. The molecular formula is C11H15NO10P2. The summed E-state index contributed by atoms with van der Waals surface area (Å²) >= 11 is 0. The highest BCUT2D eigenvalue weighted by molar-refractivity contribution is 7.55. The molecule has 6 N–H and O–H groups in total. The SMILES string of the molecule is Cc1cc(C(C(C(=O)O)P(=O)(O)O)C(C(=O)O)P(=O)(O)O)ccn1. The molecule has 0 aliphatic heterocycles. The quantitative estimate of drug-likeness (QED) is 0.338. The van der Waals surface area contributed by atoms with Gasteiger partial charge in [0.1, 0.15) is 0 Å². The van der Waals surface area contributed by atoms with Crippen LogP contribution in [0.1, 0.15) is 17.2 Å². The van der Waals surface area contributed by atoms with Crippen molar-refractivity contribution in [3.63, 3.8) is 0 Å². The standard InChI is InChI=1S/C11H15NO10P2/c1-5-4-6(2-3-12-5)7(8(10(13)14)23(17,18)19)9(11(15)16)24(20,21)22/h2-4,7-9H,1H3,(H,13,14)(H,15,16)(H2,17,18,19)(H2,20,21,22). The lowest BCUT2D eigenvalue weighted by Gasteiger charge is -2.30. The van der Waals surface area contributed by atoms with E-state index in [4.69, 9.17) is 10.2 Å². The molecule has 1 aromatic heterocycles. The number of hydrogen-bond donors (Lipinski definition) is 6. The van der Waals surface area contributed by atoms with Crippen LogP contribution < -0.4 is 0 Å². The highest BCUT2D eigenvalue weighted by Crippen LogP contribution is 2.56. The molecule has 24 heavy (non-hydrogen) atoms. The molecule has 0 bridgehead atoms. The third-order valence-electron chi connectivity index (χ3n) is 3.22. The first-order valence-electron chi connectivity index (χ1n) is 6.25. The molecule has 1 heterocycles. The molecule has 0 aliphatic carbocycles. The Kier molecular flexibility index (Phi) is 6.05. The summed E-state index contributed by atoms with van der Waals surface area (Å²) in [5.41, 5.74) is -5.35. The number of aliphatic carboxylic acids is 2. The highest BCUT2D eigenvalue weighted by atomic mass is 31.2. The normalized spacial score (nSPS) is 16.2. The minimum Gasteiger partial charge on any atom is -0.481 e. The van der Waals surface area contributed by atoms with Gasteiger partial charge in [0.25, 0.3) is 0 Å². The number of carboxylic acids is 2. The van der Waals surface area contributed by atoms with Gasteiger partial charge in [0.15, 0.2) is 11.3 Å². The van der Waals surface area contributed by atoms with Gasteiger partial charge in [-0.2, -0.15) is 0 Å². The minimum atomic E-state index is -5.46. The van der Waals surface area contributed by atoms with Crippen molar-refractivity contribution in [3.05, 3.63) is 29.6 Å². The number of pyridine rings is 1. The van der Waals surface area contributed by atoms with Crippen LogP contribution in [0.5, 0.6) is 0 Å². The van der Waals surface area contributed by atoms with Crippen LogP contribution in [0.4, 0.5) is 0 Å². The van der Waals surface area contributed by atoms with Gasteiger partial charge in [-0.25, -0.2) is 0 Å². The Morgan fingerprint density at radius 1 is 1.00 bits per heavy atom. The average molecular weight is 383 g/mol. The van der Waals surface area contributed by atoms with E-state index in [1.807, 2.05) is 0 Å². The van der Waals surface area contributed by atoms with Crippen LogP contribution in [0.3, 0.4) is 0 Å². The van der Waals surface area contributed by atoms with Crippen LogP contribution in [0.2, 0.25) is 0 Å². The Bertz CT molecular complexity index is 698. The summed E-state index contributed by atoms with van der Waals surface area (Å²) in [6.07, 6.45) is 1.11. The summed E-state index contributed by atoms with van der Waals surface area (Å²) in [7, 11) is -10.9. The number of nitrogens with zero attached hydrogens (tertiary/aromatic N) is 1. The Morgan fingerprint density at radius 2 is 1.42 bits per heavy atom. The number of hydrogen-bond acceptors (Lipinski definition) is 5. The molecule has 11 nitrogen and oxygen atoms in total. The van der Waals surface area contributed by atoms with Crippen molar-refractivity contribution in [2.75, 3.05) is 0 Å². The van der Waals surface area contributed by atoms with Crippen LogP contribution in [0.15, 0.2) is 18.3 Å². The Balaban J connectivity index is 3.75. The van der Waals surface area contributed by atoms with E-state index < -0.39 is 44.4 Å². The summed E-state index contributed by atoms with van der Waals surface area (Å²) in [4.78, 5) is 63.7. The number of carbonyl (C=O) groups is 2. The Morgan fingerprint density at radius 3 is 1.71 bits per heavy atom. The van der Waals surface area contributed by atoms with Gasteiger partial charge in [-0.15, -0.1) is 0 Å². The van der Waals surface area contributed by atoms with E-state index in [9.17, 15) is 38.3 Å². The molecule has 0 amide bonds. The second-order valence-corrected chi connectivity index (χ2v) is 8.47. The molecule has 0 radical (unpaired) electrons. The summed E-state index contributed by atoms with van der Waals surface area (Å²) in [5, 5.41) is 18.3. The van der Waals surface area contributed by atoms with Gasteiger partial charge in [-0.1, -0.05) is 0 Å². The molecule has 13 heteroatoms. The molecular weight excluding hydrogens is 368 g/mol. The van der Waals surface area contributed by atoms with Crippen molar-refractivity contribution in [3.8, 4) is 0 Å². The van der Waals surface area contributed by atoms with Crippen molar-refractivity contribution < 1.29 is 48.5 Å². The largest absolute Gasteiger partial charge is 0.481 e. The van der Waals surface area contributed by atoms with E-state index in [-0.39, 0.29) is 11.3 Å². The molecule has 1 rings (SSSR count). The van der Waals surface area contributed by atoms with Crippen LogP contribution in [-0.4, -0.2) is 58.0 Å². The van der Waals surface area contributed by atoms with Gasteiger partial charge in [0.05, 0.1) is 0 Å². The molecule has 0 saturated heterocycles. The van der Waals surface area contributed by atoms with Crippen molar-refractivity contribution in [1.82, 2.24) is 4.98 Å². The third-order valence-corrected chi connectivity index (χ3v) is 5.75. The predicted molar refractivity (Wildman–Crippen MR) is 78.7 cm³/mol. The number of aromatic nitrogens is 1. The molecule has 0 spiro atoms. The Hall–Kier alpha value is -1.61. The van der Waals surface area contributed by atoms with Gasteiger partial charge >= 0.3 is 27.1 Å². The first kappa shape index (κ1) is 20.4. The van der Waals surface area contributed by atoms with Crippen molar-refractivity contribution in [2.24, 2.45) is 0 Å². The Labute approximate surface area is 135 Å². The lowest BCUT2D eigenvalue weighted by molar-refractivity contribution is -0.139. The molecule has 2 unspecified atom stereocenters. The molecule has 0 aliphatic rings. The van der Waals surface area contributed by atoms with Gasteiger partial charge in [-0.05, 0) is 24.6 Å². The van der Waals surface area contributed by atoms with Crippen LogP contribution in [0, 0.1) is 6.92 Å². The third kappa shape index (κ3) is 4.70. The van der Waals surface area contributed by atoms with Crippen molar-refractivity contribution >= 4 is 27.1 Å². The second kappa shape index (κ2) is 7.10. The molecule has 1 aromatic rings. The zero-order valence-corrected chi connectivity index (χ0v) is 13.9. The van der Waals surface area contributed by atoms with Crippen LogP contribution in [0.25, 0.3) is 0 Å². The molecule has 2 atom stereocenters. The van der Waals surface area contributed by atoms with Gasteiger partial charge < -0.3 is 29.8 Å². The maximum atomic E-state index is 11.6. The van der Waals surface area contributed by atoms with Gasteiger partial charge in [-0.3, -0.25) is 23.7 Å². The van der Waals surface area contributed by atoms with E-state index in [0.29, 0.717) is 0 Å². The molecule has 0 saturated carbocycles. The zero-order chi connectivity index (χ0) is 18.9. The van der Waals surface area contributed by atoms with E-state index in [1.165, 1.54) is 6.92 Å². The van der Waals surface area contributed by atoms with Gasteiger partial charge in [0.2, 0.25) is 0 Å². The first-order chi connectivity index (χ1) is 10.8. The van der Waals surface area contributed by atoms with E-state index >= 15 is 0 Å². The minimum absolute atomic E-state index is 0.238. The number of aryl methyl sites for hydroxylation is 1. The molecule has 0 aromatic carbocycles. The fourth-order valence-corrected chi connectivity index (χ4v) is 4.56. The van der Waals surface area contributed by atoms with E-state index in [0.717, 1.165) is 18.3 Å². The summed E-state index contributed by atoms with van der Waals surface area (Å²) < 4.78 is 23.2. The summed E-state index contributed by atoms with van der Waals surface area (Å²) in [5.74, 6) is -6.34. The fraction of sp³-hybridized carbons (Fsp3) is 0.364. The van der Waals surface area contributed by atoms with Crippen LogP contribution in [-0.2, 0) is 18.7 Å². The van der Waals surface area contributed by atoms with Crippen LogP contribution >= 0.6 is 15.2 Å². The second-order valence-electron chi connectivity index (χ2n) is 5.00.